The van der Waals surface area contributed by atoms with E-state index in [1.165, 1.54) is 25.7 Å². The van der Waals surface area contributed by atoms with Crippen LogP contribution in [0.4, 0.5) is 0 Å². The molecule has 0 aromatic carbocycles. The lowest BCUT2D eigenvalue weighted by molar-refractivity contribution is -0.121. The lowest BCUT2D eigenvalue weighted by Crippen LogP contribution is -2.37. The van der Waals surface area contributed by atoms with E-state index in [1.807, 2.05) is 0 Å². The Bertz CT molecular complexity index is 234. The molecule has 0 bridgehead atoms. The zero-order valence-corrected chi connectivity index (χ0v) is 10.9. The van der Waals surface area contributed by atoms with Crippen molar-refractivity contribution in [2.24, 2.45) is 17.1 Å². The highest BCUT2D eigenvalue weighted by Crippen LogP contribution is 2.48. The van der Waals surface area contributed by atoms with Gasteiger partial charge < -0.3 is 11.1 Å². The Morgan fingerprint density at radius 2 is 2.06 bits per heavy atom. The van der Waals surface area contributed by atoms with Gasteiger partial charge in [-0.05, 0) is 30.6 Å². The average Bonchev–Trinajstić information content (AvgIpc) is 2.96. The first-order valence-corrected chi connectivity index (χ1v) is 6.51. The molecule has 1 atom stereocenters. The van der Waals surface area contributed by atoms with Crippen LogP contribution in [0.15, 0.2) is 0 Å². The Kier molecular flexibility index (Phi) is 4.78. The number of nitrogens with one attached hydrogen (secondary N) is 1. The van der Waals surface area contributed by atoms with Gasteiger partial charge in [0.2, 0.25) is 5.91 Å². The monoisotopic (exact) mass is 226 g/mol. The van der Waals surface area contributed by atoms with Crippen LogP contribution in [-0.2, 0) is 4.79 Å². The topological polar surface area (TPSA) is 55.1 Å². The molecule has 3 nitrogen and oxygen atoms in total. The molecule has 0 spiro atoms. The molecule has 0 aromatic heterocycles. The molecule has 3 N–H and O–H groups in total. The van der Waals surface area contributed by atoms with Crippen LogP contribution in [0.3, 0.4) is 0 Å². The molecule has 16 heavy (non-hydrogen) atoms. The number of hydrogen-bond acceptors (Lipinski definition) is 2. The van der Waals surface area contributed by atoms with Gasteiger partial charge in [-0.2, -0.15) is 0 Å². The van der Waals surface area contributed by atoms with Gasteiger partial charge in [0.1, 0.15) is 0 Å². The first-order chi connectivity index (χ1) is 7.49. The predicted molar refractivity (Wildman–Crippen MR) is 67.0 cm³/mol. The lowest BCUT2D eigenvalue weighted by Gasteiger charge is -2.18. The van der Waals surface area contributed by atoms with Crippen LogP contribution in [0.1, 0.15) is 52.9 Å². The van der Waals surface area contributed by atoms with Gasteiger partial charge in [-0.1, -0.05) is 27.2 Å². The van der Waals surface area contributed by atoms with Gasteiger partial charge in [-0.3, -0.25) is 4.79 Å². The van der Waals surface area contributed by atoms with Crippen molar-refractivity contribution in [3.63, 3.8) is 0 Å². The van der Waals surface area contributed by atoms with Gasteiger partial charge in [-0.15, -0.1) is 0 Å². The second-order valence-corrected chi connectivity index (χ2v) is 5.64. The normalized spacial score (nSPS) is 19.6. The van der Waals surface area contributed by atoms with E-state index in [0.29, 0.717) is 17.8 Å². The van der Waals surface area contributed by atoms with Gasteiger partial charge >= 0.3 is 0 Å². The Balaban J connectivity index is 2.20. The number of carbonyl (C=O) groups is 1. The second-order valence-electron chi connectivity index (χ2n) is 5.64. The van der Waals surface area contributed by atoms with E-state index in [9.17, 15) is 4.79 Å². The summed E-state index contributed by atoms with van der Waals surface area (Å²) in [6.07, 6.45) is 5.46. The minimum atomic E-state index is -0.0127. The van der Waals surface area contributed by atoms with Crippen molar-refractivity contribution in [2.75, 3.05) is 6.54 Å². The summed E-state index contributed by atoms with van der Waals surface area (Å²) in [6.45, 7) is 7.16. The van der Waals surface area contributed by atoms with Crippen molar-refractivity contribution >= 4 is 5.91 Å². The molecule has 1 amide bonds. The Morgan fingerprint density at radius 3 is 2.50 bits per heavy atom. The molecule has 0 aliphatic heterocycles. The molecule has 1 saturated carbocycles. The average molecular weight is 226 g/mol. The van der Waals surface area contributed by atoms with E-state index in [2.05, 4.69) is 26.1 Å². The van der Waals surface area contributed by atoms with E-state index in [-0.39, 0.29) is 11.9 Å². The summed E-state index contributed by atoms with van der Waals surface area (Å²) in [5.74, 6) is 0.486. The summed E-state index contributed by atoms with van der Waals surface area (Å²) in [7, 11) is 0. The number of carbonyl (C=O) groups excluding carboxylic acids is 1. The van der Waals surface area contributed by atoms with Crippen molar-refractivity contribution < 1.29 is 4.79 Å². The van der Waals surface area contributed by atoms with Gasteiger partial charge in [0, 0.05) is 19.0 Å². The molecule has 1 aliphatic carbocycles. The van der Waals surface area contributed by atoms with Crippen LogP contribution >= 0.6 is 0 Å². The van der Waals surface area contributed by atoms with Crippen molar-refractivity contribution in [1.29, 1.82) is 0 Å². The zero-order chi connectivity index (χ0) is 12.2. The maximum atomic E-state index is 11.6. The SMILES string of the molecule is CCCC1(CNC(=O)CC(N)C(C)C)CC1. The van der Waals surface area contributed by atoms with Crippen LogP contribution in [-0.4, -0.2) is 18.5 Å². The molecular formula is C13H26N2O. The fourth-order valence-corrected chi connectivity index (χ4v) is 2.03. The van der Waals surface area contributed by atoms with Crippen LogP contribution < -0.4 is 11.1 Å². The second kappa shape index (κ2) is 5.67. The molecule has 1 unspecified atom stereocenters. The molecule has 3 heteroatoms. The molecule has 1 aliphatic rings. The van der Waals surface area contributed by atoms with Crippen LogP contribution in [0, 0.1) is 11.3 Å². The minimum Gasteiger partial charge on any atom is -0.355 e. The Labute approximate surface area is 99.2 Å². The van der Waals surface area contributed by atoms with E-state index in [1.54, 1.807) is 0 Å². The summed E-state index contributed by atoms with van der Waals surface area (Å²) >= 11 is 0. The highest BCUT2D eigenvalue weighted by atomic mass is 16.1. The highest BCUT2D eigenvalue weighted by Gasteiger charge is 2.41. The zero-order valence-electron chi connectivity index (χ0n) is 10.9. The molecular weight excluding hydrogens is 200 g/mol. The first kappa shape index (κ1) is 13.5. The number of nitrogens with two attached hydrogens (primary N) is 1. The summed E-state index contributed by atoms with van der Waals surface area (Å²) < 4.78 is 0. The molecule has 94 valence electrons. The quantitative estimate of drug-likeness (QED) is 0.698. The standard InChI is InChI=1S/C13H26N2O/c1-4-5-13(6-7-13)9-15-12(16)8-11(14)10(2)3/h10-11H,4-9,14H2,1-3H3,(H,15,16). The van der Waals surface area contributed by atoms with E-state index in [4.69, 9.17) is 5.73 Å². The van der Waals surface area contributed by atoms with Crippen molar-refractivity contribution in [3.8, 4) is 0 Å². The Hall–Kier alpha value is -0.570. The number of hydrogen-bond donors (Lipinski definition) is 2. The fraction of sp³-hybridized carbons (Fsp3) is 0.923. The van der Waals surface area contributed by atoms with Crippen LogP contribution in [0.25, 0.3) is 0 Å². The van der Waals surface area contributed by atoms with Gasteiger partial charge in [0.05, 0.1) is 0 Å². The minimum absolute atomic E-state index is 0.0127. The summed E-state index contributed by atoms with van der Waals surface area (Å²) in [5, 5.41) is 3.04. The smallest absolute Gasteiger partial charge is 0.221 e. The van der Waals surface area contributed by atoms with Crippen LogP contribution in [0.5, 0.6) is 0 Å². The first-order valence-electron chi connectivity index (χ1n) is 6.51. The number of rotatable bonds is 7. The summed E-state index contributed by atoms with van der Waals surface area (Å²) in [5.41, 5.74) is 6.31. The van der Waals surface area contributed by atoms with Gasteiger partial charge in [0.15, 0.2) is 0 Å². The maximum absolute atomic E-state index is 11.6. The molecule has 0 radical (unpaired) electrons. The van der Waals surface area contributed by atoms with Crippen LogP contribution in [0.2, 0.25) is 0 Å². The van der Waals surface area contributed by atoms with Crippen molar-refractivity contribution in [3.05, 3.63) is 0 Å². The third-order valence-corrected chi connectivity index (χ3v) is 3.68. The van der Waals surface area contributed by atoms with E-state index in [0.717, 1.165) is 6.54 Å². The van der Waals surface area contributed by atoms with Crippen molar-refractivity contribution in [1.82, 2.24) is 5.32 Å². The molecule has 0 heterocycles. The van der Waals surface area contributed by atoms with E-state index >= 15 is 0 Å². The van der Waals surface area contributed by atoms with Gasteiger partial charge in [0.25, 0.3) is 0 Å². The molecule has 1 rings (SSSR count). The molecule has 1 fully saturated rings. The number of amides is 1. The lowest BCUT2D eigenvalue weighted by atomic mass is 9.99. The highest BCUT2D eigenvalue weighted by molar-refractivity contribution is 5.76. The third-order valence-electron chi connectivity index (χ3n) is 3.68. The predicted octanol–water partition coefficient (Wildman–Crippen LogP) is 2.06. The largest absolute Gasteiger partial charge is 0.355 e. The van der Waals surface area contributed by atoms with Crippen molar-refractivity contribution in [2.45, 2.75) is 58.9 Å². The molecule has 0 aromatic rings. The summed E-state index contributed by atoms with van der Waals surface area (Å²) in [6, 6.07) is -0.0127. The Morgan fingerprint density at radius 1 is 1.44 bits per heavy atom. The third kappa shape index (κ3) is 4.12. The molecule has 0 saturated heterocycles. The summed E-state index contributed by atoms with van der Waals surface area (Å²) in [4.78, 5) is 11.6. The fourth-order valence-electron chi connectivity index (χ4n) is 2.03. The van der Waals surface area contributed by atoms with Gasteiger partial charge in [-0.25, -0.2) is 0 Å². The van der Waals surface area contributed by atoms with E-state index < -0.39 is 0 Å². The maximum Gasteiger partial charge on any atom is 0.221 e.